The van der Waals surface area contributed by atoms with E-state index in [4.69, 9.17) is 9.15 Å². The first-order valence-corrected chi connectivity index (χ1v) is 12.7. The number of Topliss-reactive ketones (excluding diaryl/α,β-unsaturated/α-hetero) is 1. The molecule has 0 bridgehead atoms. The Morgan fingerprint density at radius 3 is 2.57 bits per heavy atom. The van der Waals surface area contributed by atoms with E-state index in [-0.39, 0.29) is 11.5 Å². The third-order valence-electron chi connectivity index (χ3n) is 6.59. The van der Waals surface area contributed by atoms with Gasteiger partial charge in [-0.2, -0.15) is 4.99 Å². The molecule has 8 nitrogen and oxygen atoms in total. The molecule has 1 atom stereocenters. The van der Waals surface area contributed by atoms with E-state index in [1.807, 2.05) is 31.2 Å². The fraction of sp³-hybridized carbons (Fsp3) is 0.448. The SMILES string of the molecule is COC(=O)N=CCCCC(C)c1cc(O)c(C(=O)C(C)=Cc2ccc(OCC3CCCC3)cc2)c(=O)o1. The van der Waals surface area contributed by atoms with E-state index in [0.29, 0.717) is 36.5 Å². The van der Waals surface area contributed by atoms with Gasteiger partial charge in [0, 0.05) is 18.2 Å². The highest BCUT2D eigenvalue weighted by molar-refractivity contribution is 6.12. The number of ether oxygens (including phenoxy) is 2. The molecule has 1 saturated carbocycles. The van der Waals surface area contributed by atoms with Gasteiger partial charge in [-0.05, 0) is 74.3 Å². The molecule has 1 N–H and O–H groups in total. The number of allylic oxidation sites excluding steroid dienone is 1. The van der Waals surface area contributed by atoms with Crippen LogP contribution in [0, 0.1) is 5.92 Å². The van der Waals surface area contributed by atoms with Crippen molar-refractivity contribution in [3.63, 3.8) is 0 Å². The van der Waals surface area contributed by atoms with Gasteiger partial charge in [-0.15, -0.1) is 0 Å². The van der Waals surface area contributed by atoms with E-state index in [9.17, 15) is 19.5 Å². The molecule has 1 amide bonds. The van der Waals surface area contributed by atoms with Crippen LogP contribution in [0.3, 0.4) is 0 Å². The second-order valence-electron chi connectivity index (χ2n) is 9.50. The van der Waals surface area contributed by atoms with Crippen molar-refractivity contribution in [3.8, 4) is 11.5 Å². The van der Waals surface area contributed by atoms with Gasteiger partial charge < -0.3 is 19.0 Å². The zero-order chi connectivity index (χ0) is 26.8. The number of ketones is 1. The summed E-state index contributed by atoms with van der Waals surface area (Å²) in [6.07, 6.45) is 9.31. The lowest BCUT2D eigenvalue weighted by Crippen LogP contribution is -2.16. The average Bonchev–Trinajstić information content (AvgIpc) is 3.41. The number of benzene rings is 1. The maximum absolute atomic E-state index is 12.9. The van der Waals surface area contributed by atoms with Gasteiger partial charge in [0.05, 0.1) is 13.7 Å². The Bertz CT molecular complexity index is 1190. The summed E-state index contributed by atoms with van der Waals surface area (Å²) in [6.45, 7) is 4.17. The minimum Gasteiger partial charge on any atom is -0.507 e. The largest absolute Gasteiger partial charge is 0.507 e. The molecule has 1 heterocycles. The lowest BCUT2D eigenvalue weighted by molar-refractivity contribution is 0.102. The minimum absolute atomic E-state index is 0.180. The lowest BCUT2D eigenvalue weighted by Gasteiger charge is -2.12. The summed E-state index contributed by atoms with van der Waals surface area (Å²) in [7, 11) is 1.26. The Kier molecular flexibility index (Phi) is 10.2. The Hall–Kier alpha value is -3.68. The van der Waals surface area contributed by atoms with Crippen LogP contribution in [0.5, 0.6) is 11.5 Å². The molecule has 0 radical (unpaired) electrons. The van der Waals surface area contributed by atoms with Crippen LogP contribution in [0.4, 0.5) is 4.79 Å². The predicted octanol–water partition coefficient (Wildman–Crippen LogP) is 6.31. The highest BCUT2D eigenvalue weighted by atomic mass is 16.5. The van der Waals surface area contributed by atoms with Crippen molar-refractivity contribution in [2.24, 2.45) is 10.9 Å². The Balaban J connectivity index is 1.61. The van der Waals surface area contributed by atoms with Gasteiger partial charge in [0.1, 0.15) is 22.8 Å². The molecule has 3 rings (SSSR count). The van der Waals surface area contributed by atoms with Crippen molar-refractivity contribution < 1.29 is 28.6 Å². The van der Waals surface area contributed by atoms with Crippen molar-refractivity contribution >= 4 is 24.2 Å². The van der Waals surface area contributed by atoms with Crippen molar-refractivity contribution in [1.29, 1.82) is 0 Å². The van der Waals surface area contributed by atoms with Gasteiger partial charge in [-0.25, -0.2) is 9.59 Å². The Labute approximate surface area is 217 Å². The van der Waals surface area contributed by atoms with Gasteiger partial charge in [0.2, 0.25) is 0 Å². The normalized spacial score (nSPS) is 15.2. The number of amides is 1. The molecule has 1 aromatic carbocycles. The minimum atomic E-state index is -0.873. The van der Waals surface area contributed by atoms with Crippen molar-refractivity contribution in [3.05, 3.63) is 63.2 Å². The van der Waals surface area contributed by atoms with Crippen LogP contribution >= 0.6 is 0 Å². The first kappa shape index (κ1) is 27.9. The van der Waals surface area contributed by atoms with Crippen LogP contribution in [0.15, 0.2) is 50.1 Å². The third kappa shape index (κ3) is 8.17. The fourth-order valence-electron chi connectivity index (χ4n) is 4.36. The first-order valence-electron chi connectivity index (χ1n) is 12.7. The maximum atomic E-state index is 12.9. The summed E-state index contributed by atoms with van der Waals surface area (Å²) in [6, 6.07) is 8.75. The Morgan fingerprint density at radius 2 is 1.92 bits per heavy atom. The zero-order valence-corrected chi connectivity index (χ0v) is 21.7. The summed E-state index contributed by atoms with van der Waals surface area (Å²) in [4.78, 5) is 40.1. The second kappa shape index (κ2) is 13.6. The second-order valence-corrected chi connectivity index (χ2v) is 9.50. The summed E-state index contributed by atoms with van der Waals surface area (Å²) in [5, 5.41) is 10.5. The van der Waals surface area contributed by atoms with Crippen molar-refractivity contribution in [2.75, 3.05) is 13.7 Å². The molecule has 0 spiro atoms. The van der Waals surface area contributed by atoms with E-state index in [1.54, 1.807) is 13.0 Å². The number of carbonyl (C=O) groups excluding carboxylic acids is 2. The van der Waals surface area contributed by atoms with E-state index in [2.05, 4.69) is 9.73 Å². The lowest BCUT2D eigenvalue weighted by atomic mass is 9.99. The highest BCUT2D eigenvalue weighted by Crippen LogP contribution is 2.27. The topological polar surface area (TPSA) is 115 Å². The molecule has 37 heavy (non-hydrogen) atoms. The molecule has 1 fully saturated rings. The molecule has 0 aliphatic heterocycles. The number of unbranched alkanes of at least 4 members (excludes halogenated alkanes) is 1. The summed E-state index contributed by atoms with van der Waals surface area (Å²) in [5.74, 6) is 0.524. The number of methoxy groups -OCH3 is 1. The van der Waals surface area contributed by atoms with Crippen LogP contribution < -0.4 is 10.4 Å². The zero-order valence-electron chi connectivity index (χ0n) is 21.7. The quantitative estimate of drug-likeness (QED) is 0.163. The highest BCUT2D eigenvalue weighted by Gasteiger charge is 2.22. The van der Waals surface area contributed by atoms with Crippen molar-refractivity contribution in [2.45, 2.75) is 64.7 Å². The van der Waals surface area contributed by atoms with E-state index in [1.165, 1.54) is 45.1 Å². The summed E-state index contributed by atoms with van der Waals surface area (Å²) in [5.41, 5.74) is -0.175. The Morgan fingerprint density at radius 1 is 1.22 bits per heavy atom. The number of hydrogen-bond acceptors (Lipinski definition) is 7. The molecule has 198 valence electrons. The van der Waals surface area contributed by atoms with E-state index >= 15 is 0 Å². The number of aromatic hydroxyl groups is 1. The van der Waals surface area contributed by atoms with Gasteiger partial charge in [-0.1, -0.05) is 31.9 Å². The molecule has 2 aromatic rings. The third-order valence-corrected chi connectivity index (χ3v) is 6.59. The van der Waals surface area contributed by atoms with Gasteiger partial charge in [-0.3, -0.25) is 4.79 Å². The molecule has 8 heteroatoms. The molecular weight excluding hydrogens is 474 g/mol. The fourth-order valence-corrected chi connectivity index (χ4v) is 4.36. The maximum Gasteiger partial charge on any atom is 0.432 e. The van der Waals surface area contributed by atoms with Gasteiger partial charge in [0.25, 0.3) is 0 Å². The molecule has 1 aliphatic carbocycles. The monoisotopic (exact) mass is 509 g/mol. The number of carbonyl (C=O) groups is 2. The smallest absolute Gasteiger partial charge is 0.432 e. The van der Waals surface area contributed by atoms with Gasteiger partial charge >= 0.3 is 11.7 Å². The number of hydrogen-bond donors (Lipinski definition) is 1. The van der Waals surface area contributed by atoms with Crippen LogP contribution in [-0.2, 0) is 4.74 Å². The molecule has 1 aromatic heterocycles. The molecule has 1 unspecified atom stereocenters. The molecular formula is C29H35NO7. The summed E-state index contributed by atoms with van der Waals surface area (Å²) < 4.78 is 15.7. The van der Waals surface area contributed by atoms with Gasteiger partial charge in [0.15, 0.2) is 5.78 Å². The number of nitrogens with zero attached hydrogens (tertiary/aromatic N) is 1. The average molecular weight is 510 g/mol. The molecule has 0 saturated heterocycles. The van der Waals surface area contributed by atoms with Crippen molar-refractivity contribution in [1.82, 2.24) is 0 Å². The van der Waals surface area contributed by atoms with E-state index in [0.717, 1.165) is 17.9 Å². The number of aliphatic imine (C=N–C) groups is 1. The number of rotatable bonds is 11. The van der Waals surface area contributed by atoms with Crippen LogP contribution in [0.1, 0.15) is 86.4 Å². The van der Waals surface area contributed by atoms with Crippen LogP contribution in [0.2, 0.25) is 0 Å². The summed E-state index contributed by atoms with van der Waals surface area (Å²) >= 11 is 0. The van der Waals surface area contributed by atoms with Crippen LogP contribution in [0.25, 0.3) is 6.08 Å². The standard InChI is InChI=1S/C29H35NO7/c1-19(8-6-7-15-30-29(34)35-3)25-17-24(31)26(28(33)37-25)27(32)20(2)16-21-11-13-23(14-12-21)36-18-22-9-4-5-10-22/h11-17,19,22,31H,4-10,18H2,1-3H3. The molecule has 1 aliphatic rings. The van der Waals surface area contributed by atoms with Crippen LogP contribution in [-0.4, -0.2) is 36.9 Å². The first-order chi connectivity index (χ1) is 17.8. The predicted molar refractivity (Wildman–Crippen MR) is 142 cm³/mol. The van der Waals surface area contributed by atoms with E-state index < -0.39 is 23.3 Å².